The Hall–Kier alpha value is -3.67. The van der Waals surface area contributed by atoms with Crippen molar-refractivity contribution in [3.05, 3.63) is 78.1 Å². The summed E-state index contributed by atoms with van der Waals surface area (Å²) < 4.78 is 7.30. The van der Waals surface area contributed by atoms with E-state index in [1.54, 1.807) is 24.2 Å². The number of fused-ring (bicyclic) bond motifs is 1. The third-order valence-corrected chi connectivity index (χ3v) is 5.22. The van der Waals surface area contributed by atoms with Crippen LogP contribution in [0.1, 0.15) is 17.5 Å². The molecule has 6 heteroatoms. The molecule has 0 bridgehead atoms. The predicted molar refractivity (Wildman–Crippen MR) is 117 cm³/mol. The van der Waals surface area contributed by atoms with Crippen LogP contribution in [0.25, 0.3) is 22.2 Å². The SMILES string of the molecule is COc1ccc2ccccc2c1CCC(=O)NCc1ccc(-c2ccnn2C)nc1. The molecule has 0 unspecified atom stereocenters. The fourth-order valence-electron chi connectivity index (χ4n) is 3.60. The van der Waals surface area contributed by atoms with Crippen molar-refractivity contribution >= 4 is 16.7 Å². The number of rotatable bonds is 7. The molecule has 0 fully saturated rings. The zero-order valence-corrected chi connectivity index (χ0v) is 17.1. The van der Waals surface area contributed by atoms with Gasteiger partial charge in [0.05, 0.1) is 18.5 Å². The monoisotopic (exact) mass is 400 g/mol. The highest BCUT2D eigenvalue weighted by Gasteiger charge is 2.11. The van der Waals surface area contributed by atoms with Crippen molar-refractivity contribution in [1.82, 2.24) is 20.1 Å². The van der Waals surface area contributed by atoms with Gasteiger partial charge < -0.3 is 10.1 Å². The molecule has 0 saturated heterocycles. The Bertz CT molecular complexity index is 1170. The second-order valence-electron chi connectivity index (χ2n) is 7.14. The van der Waals surface area contributed by atoms with E-state index in [0.29, 0.717) is 19.4 Å². The standard InChI is InChI=1S/C24H24N4O2/c1-28-22(13-14-27-28)21-10-7-17(15-25-21)16-26-24(29)12-9-20-19-6-4-3-5-18(19)8-11-23(20)30-2/h3-8,10-11,13-15H,9,12,16H2,1-2H3,(H,26,29). The molecule has 4 aromatic rings. The summed E-state index contributed by atoms with van der Waals surface area (Å²) in [6, 6.07) is 18.0. The number of aryl methyl sites for hydroxylation is 2. The molecule has 1 amide bonds. The highest BCUT2D eigenvalue weighted by atomic mass is 16.5. The van der Waals surface area contributed by atoms with Crippen LogP contribution in [0.2, 0.25) is 0 Å². The van der Waals surface area contributed by atoms with Gasteiger partial charge in [-0.05, 0) is 41.0 Å². The highest BCUT2D eigenvalue weighted by Crippen LogP contribution is 2.29. The van der Waals surface area contributed by atoms with Crippen molar-refractivity contribution < 1.29 is 9.53 Å². The molecule has 2 aromatic heterocycles. The van der Waals surface area contributed by atoms with Crippen LogP contribution in [0.5, 0.6) is 5.75 Å². The van der Waals surface area contributed by atoms with Crippen LogP contribution in [0, 0.1) is 0 Å². The first-order chi connectivity index (χ1) is 14.7. The average molecular weight is 400 g/mol. The van der Waals surface area contributed by atoms with E-state index in [0.717, 1.165) is 39.0 Å². The van der Waals surface area contributed by atoms with E-state index in [1.165, 1.54) is 0 Å². The van der Waals surface area contributed by atoms with Crippen LogP contribution < -0.4 is 10.1 Å². The molecule has 0 radical (unpaired) electrons. The smallest absolute Gasteiger partial charge is 0.220 e. The Balaban J connectivity index is 1.37. The van der Waals surface area contributed by atoms with E-state index in [-0.39, 0.29) is 5.91 Å². The molecule has 0 aliphatic heterocycles. The van der Waals surface area contributed by atoms with Crippen molar-refractivity contribution in [3.63, 3.8) is 0 Å². The third kappa shape index (κ3) is 4.17. The highest BCUT2D eigenvalue weighted by molar-refractivity contribution is 5.88. The molecule has 0 saturated carbocycles. The van der Waals surface area contributed by atoms with Crippen LogP contribution in [0.4, 0.5) is 0 Å². The molecule has 152 valence electrons. The summed E-state index contributed by atoms with van der Waals surface area (Å²) >= 11 is 0. The second-order valence-corrected chi connectivity index (χ2v) is 7.14. The summed E-state index contributed by atoms with van der Waals surface area (Å²) in [6.45, 7) is 0.449. The van der Waals surface area contributed by atoms with Crippen molar-refractivity contribution in [1.29, 1.82) is 0 Å². The fraction of sp³-hybridized carbons (Fsp3) is 0.208. The molecule has 0 atom stereocenters. The number of benzene rings is 2. The molecule has 6 nitrogen and oxygen atoms in total. The van der Waals surface area contributed by atoms with Crippen molar-refractivity contribution in [2.75, 3.05) is 7.11 Å². The number of nitrogens with zero attached hydrogens (tertiary/aromatic N) is 3. The Morgan fingerprint density at radius 2 is 1.97 bits per heavy atom. The zero-order valence-electron chi connectivity index (χ0n) is 17.1. The van der Waals surface area contributed by atoms with Gasteiger partial charge in [-0.3, -0.25) is 14.5 Å². The minimum absolute atomic E-state index is 0.000647. The first kappa shape index (κ1) is 19.6. The lowest BCUT2D eigenvalue weighted by molar-refractivity contribution is -0.121. The summed E-state index contributed by atoms with van der Waals surface area (Å²) in [7, 11) is 3.55. The van der Waals surface area contributed by atoms with Crippen LogP contribution in [-0.2, 0) is 24.8 Å². The van der Waals surface area contributed by atoms with Gasteiger partial charge >= 0.3 is 0 Å². The Morgan fingerprint density at radius 3 is 2.70 bits per heavy atom. The van der Waals surface area contributed by atoms with Gasteiger partial charge in [0.25, 0.3) is 0 Å². The number of amides is 1. The molecule has 1 N–H and O–H groups in total. The van der Waals surface area contributed by atoms with Gasteiger partial charge in [0.1, 0.15) is 5.75 Å². The van der Waals surface area contributed by atoms with E-state index in [4.69, 9.17) is 4.74 Å². The molecule has 2 aromatic carbocycles. The van der Waals surface area contributed by atoms with E-state index >= 15 is 0 Å². The quantitative estimate of drug-likeness (QED) is 0.511. The van der Waals surface area contributed by atoms with Gasteiger partial charge in [-0.25, -0.2) is 0 Å². The van der Waals surface area contributed by atoms with Gasteiger partial charge in [0.15, 0.2) is 0 Å². The third-order valence-electron chi connectivity index (χ3n) is 5.22. The molecule has 0 spiro atoms. The molecular formula is C24H24N4O2. The zero-order chi connectivity index (χ0) is 20.9. The van der Waals surface area contributed by atoms with Crippen molar-refractivity contribution in [2.45, 2.75) is 19.4 Å². The lowest BCUT2D eigenvalue weighted by atomic mass is 9.99. The lowest BCUT2D eigenvalue weighted by Gasteiger charge is -2.12. The number of hydrogen-bond donors (Lipinski definition) is 1. The number of pyridine rings is 1. The molecule has 4 rings (SSSR count). The maximum Gasteiger partial charge on any atom is 0.220 e. The minimum Gasteiger partial charge on any atom is -0.496 e. The Labute approximate surface area is 175 Å². The Kier molecular flexibility index (Phi) is 5.75. The largest absolute Gasteiger partial charge is 0.496 e. The molecule has 0 aliphatic rings. The maximum atomic E-state index is 12.4. The van der Waals surface area contributed by atoms with Gasteiger partial charge in [0.2, 0.25) is 5.91 Å². The number of aromatic nitrogens is 3. The normalized spacial score (nSPS) is 10.9. The fourth-order valence-corrected chi connectivity index (χ4v) is 3.60. The number of hydrogen-bond acceptors (Lipinski definition) is 4. The van der Waals surface area contributed by atoms with Gasteiger partial charge in [-0.15, -0.1) is 0 Å². The van der Waals surface area contributed by atoms with Crippen molar-refractivity contribution in [3.8, 4) is 17.1 Å². The molecule has 30 heavy (non-hydrogen) atoms. The molecular weight excluding hydrogens is 376 g/mol. The molecule has 0 aliphatic carbocycles. The molecule has 2 heterocycles. The van der Waals surface area contributed by atoms with E-state index in [1.807, 2.05) is 49.5 Å². The van der Waals surface area contributed by atoms with Gasteiger partial charge in [-0.1, -0.05) is 36.4 Å². The first-order valence-corrected chi connectivity index (χ1v) is 9.90. The van der Waals surface area contributed by atoms with Crippen LogP contribution >= 0.6 is 0 Å². The number of ether oxygens (including phenoxy) is 1. The maximum absolute atomic E-state index is 12.4. The summed E-state index contributed by atoms with van der Waals surface area (Å²) in [4.78, 5) is 16.9. The van der Waals surface area contributed by atoms with E-state index in [2.05, 4.69) is 27.5 Å². The average Bonchev–Trinajstić information content (AvgIpc) is 3.22. The number of nitrogens with one attached hydrogen (secondary N) is 1. The number of carbonyl (C=O) groups excluding carboxylic acids is 1. The van der Waals surface area contributed by atoms with Crippen LogP contribution in [0.3, 0.4) is 0 Å². The van der Waals surface area contributed by atoms with Crippen LogP contribution in [-0.4, -0.2) is 27.8 Å². The summed E-state index contributed by atoms with van der Waals surface area (Å²) in [5, 5.41) is 9.42. The topological polar surface area (TPSA) is 69.0 Å². The van der Waals surface area contributed by atoms with E-state index in [9.17, 15) is 4.79 Å². The van der Waals surface area contributed by atoms with Crippen molar-refractivity contribution in [2.24, 2.45) is 7.05 Å². The number of methoxy groups -OCH3 is 1. The summed E-state index contributed by atoms with van der Waals surface area (Å²) in [6.07, 6.45) is 4.55. The summed E-state index contributed by atoms with van der Waals surface area (Å²) in [5.74, 6) is 0.817. The van der Waals surface area contributed by atoms with E-state index < -0.39 is 0 Å². The minimum atomic E-state index is 0.000647. The number of carbonyl (C=O) groups is 1. The second kappa shape index (κ2) is 8.78. The first-order valence-electron chi connectivity index (χ1n) is 9.90. The lowest BCUT2D eigenvalue weighted by Crippen LogP contribution is -2.23. The summed E-state index contributed by atoms with van der Waals surface area (Å²) in [5.41, 5.74) is 3.83. The predicted octanol–water partition coefficient (Wildman–Crippen LogP) is 3.89. The Morgan fingerprint density at radius 1 is 1.10 bits per heavy atom. The van der Waals surface area contributed by atoms with Gasteiger partial charge in [-0.2, -0.15) is 5.10 Å². The van der Waals surface area contributed by atoms with Crippen LogP contribution in [0.15, 0.2) is 67.0 Å². The van der Waals surface area contributed by atoms with Gasteiger partial charge in [0, 0.05) is 38.0 Å².